The normalized spacial score (nSPS) is 34.8. The molecular weight excluding hydrogens is 242 g/mol. The van der Waals surface area contributed by atoms with Crippen LogP contribution in [0.2, 0.25) is 0 Å². The van der Waals surface area contributed by atoms with Gasteiger partial charge < -0.3 is 14.8 Å². The molecule has 2 unspecified atom stereocenters. The highest BCUT2D eigenvalue weighted by Crippen LogP contribution is 2.36. The van der Waals surface area contributed by atoms with E-state index < -0.39 is 0 Å². The fourth-order valence-corrected chi connectivity index (χ4v) is 3.83. The molecule has 4 nitrogen and oxygen atoms in total. The molecule has 1 spiro atoms. The van der Waals surface area contributed by atoms with Gasteiger partial charge in [-0.3, -0.25) is 4.79 Å². The Morgan fingerprint density at radius 3 is 2.37 bits per heavy atom. The van der Waals surface area contributed by atoms with Gasteiger partial charge in [0.2, 0.25) is 5.91 Å². The van der Waals surface area contributed by atoms with Crippen LogP contribution in [-0.4, -0.2) is 30.9 Å². The molecule has 4 heteroatoms. The van der Waals surface area contributed by atoms with Gasteiger partial charge in [0.1, 0.15) is 0 Å². The van der Waals surface area contributed by atoms with Crippen molar-refractivity contribution in [2.24, 2.45) is 11.8 Å². The second-order valence-electron chi connectivity index (χ2n) is 6.41. The van der Waals surface area contributed by atoms with Crippen LogP contribution in [-0.2, 0) is 14.3 Å². The van der Waals surface area contributed by atoms with Gasteiger partial charge in [0, 0.05) is 24.8 Å². The Labute approximate surface area is 115 Å². The molecule has 2 aliphatic carbocycles. The average Bonchev–Trinajstić information content (AvgIpc) is 3.02. The summed E-state index contributed by atoms with van der Waals surface area (Å²) in [5.41, 5.74) is 0. The van der Waals surface area contributed by atoms with Gasteiger partial charge in [-0.15, -0.1) is 0 Å². The van der Waals surface area contributed by atoms with E-state index in [1.807, 2.05) is 0 Å². The SMILES string of the molecule is CC1CCCC1C(=O)NC1CCC2(CC1)OCCO2. The maximum atomic E-state index is 12.3. The fourth-order valence-electron chi connectivity index (χ4n) is 3.83. The number of hydrogen-bond acceptors (Lipinski definition) is 3. The Hall–Kier alpha value is -0.610. The average molecular weight is 267 g/mol. The first-order valence-corrected chi connectivity index (χ1v) is 7.77. The first-order chi connectivity index (χ1) is 9.19. The molecule has 1 saturated heterocycles. The quantitative estimate of drug-likeness (QED) is 0.834. The van der Waals surface area contributed by atoms with Crippen LogP contribution in [0.25, 0.3) is 0 Å². The van der Waals surface area contributed by atoms with Gasteiger partial charge in [0.25, 0.3) is 0 Å². The molecule has 3 rings (SSSR count). The second kappa shape index (κ2) is 5.41. The van der Waals surface area contributed by atoms with E-state index in [0.29, 0.717) is 12.0 Å². The predicted octanol–water partition coefficient (Wildman–Crippen LogP) is 2.22. The molecule has 0 bridgehead atoms. The molecule has 2 atom stereocenters. The Bertz CT molecular complexity index is 328. The zero-order valence-electron chi connectivity index (χ0n) is 11.8. The predicted molar refractivity (Wildman–Crippen MR) is 71.5 cm³/mol. The van der Waals surface area contributed by atoms with Crippen LogP contribution >= 0.6 is 0 Å². The van der Waals surface area contributed by atoms with Crippen LogP contribution in [0.3, 0.4) is 0 Å². The number of amides is 1. The highest BCUT2D eigenvalue weighted by atomic mass is 16.7. The van der Waals surface area contributed by atoms with Crippen molar-refractivity contribution in [1.29, 1.82) is 0 Å². The van der Waals surface area contributed by atoms with Crippen molar-refractivity contribution in [1.82, 2.24) is 5.32 Å². The van der Waals surface area contributed by atoms with Gasteiger partial charge in [0.05, 0.1) is 13.2 Å². The lowest BCUT2D eigenvalue weighted by Crippen LogP contribution is -2.45. The molecule has 108 valence electrons. The zero-order valence-corrected chi connectivity index (χ0v) is 11.8. The molecule has 0 radical (unpaired) electrons. The molecule has 0 aromatic carbocycles. The Kier molecular flexibility index (Phi) is 3.81. The van der Waals surface area contributed by atoms with Gasteiger partial charge in [-0.2, -0.15) is 0 Å². The lowest BCUT2D eigenvalue weighted by atomic mass is 9.89. The molecule has 1 aliphatic heterocycles. The molecule has 1 heterocycles. The highest BCUT2D eigenvalue weighted by Gasteiger charge is 2.41. The van der Waals surface area contributed by atoms with E-state index in [1.54, 1.807) is 0 Å². The molecular formula is C15H25NO3. The maximum Gasteiger partial charge on any atom is 0.223 e. The summed E-state index contributed by atoms with van der Waals surface area (Å²) in [6.45, 7) is 3.64. The molecule has 19 heavy (non-hydrogen) atoms. The maximum absolute atomic E-state index is 12.3. The van der Waals surface area contributed by atoms with E-state index in [-0.39, 0.29) is 17.6 Å². The van der Waals surface area contributed by atoms with Crippen LogP contribution in [0.4, 0.5) is 0 Å². The molecule has 1 amide bonds. The minimum absolute atomic E-state index is 0.245. The third kappa shape index (κ3) is 2.79. The number of hydrogen-bond donors (Lipinski definition) is 1. The summed E-state index contributed by atoms with van der Waals surface area (Å²) in [6.07, 6.45) is 7.26. The number of carbonyl (C=O) groups is 1. The van der Waals surface area contributed by atoms with Crippen LogP contribution in [0.1, 0.15) is 51.9 Å². The van der Waals surface area contributed by atoms with Crippen molar-refractivity contribution in [2.45, 2.75) is 63.7 Å². The van der Waals surface area contributed by atoms with Crippen LogP contribution < -0.4 is 5.32 Å². The van der Waals surface area contributed by atoms with Crippen molar-refractivity contribution >= 4 is 5.91 Å². The largest absolute Gasteiger partial charge is 0.353 e. The van der Waals surface area contributed by atoms with Crippen molar-refractivity contribution in [3.63, 3.8) is 0 Å². The van der Waals surface area contributed by atoms with E-state index in [0.717, 1.165) is 45.3 Å². The lowest BCUT2D eigenvalue weighted by molar-refractivity contribution is -0.180. The summed E-state index contributed by atoms with van der Waals surface area (Å²) in [5.74, 6) is 0.757. The lowest BCUT2D eigenvalue weighted by Gasteiger charge is -2.36. The number of ether oxygens (including phenoxy) is 2. The van der Waals surface area contributed by atoms with Gasteiger partial charge in [0.15, 0.2) is 5.79 Å². The topological polar surface area (TPSA) is 47.6 Å². The summed E-state index contributed by atoms with van der Waals surface area (Å²) in [6, 6.07) is 0.318. The molecule has 2 saturated carbocycles. The zero-order chi connectivity index (χ0) is 13.3. The monoisotopic (exact) mass is 267 g/mol. The van der Waals surface area contributed by atoms with Gasteiger partial charge in [-0.1, -0.05) is 13.3 Å². The smallest absolute Gasteiger partial charge is 0.223 e. The summed E-state index contributed by atoms with van der Waals surface area (Å²) >= 11 is 0. The number of rotatable bonds is 2. The standard InChI is InChI=1S/C15H25NO3/c1-11-3-2-4-13(11)14(17)16-12-5-7-15(8-6-12)18-9-10-19-15/h11-13H,2-10H2,1H3,(H,16,17). The van der Waals surface area contributed by atoms with Crippen LogP contribution in [0, 0.1) is 11.8 Å². The molecule has 3 aliphatic rings. The van der Waals surface area contributed by atoms with E-state index in [9.17, 15) is 4.79 Å². The van der Waals surface area contributed by atoms with Crippen LogP contribution in [0.15, 0.2) is 0 Å². The number of nitrogens with one attached hydrogen (secondary N) is 1. The Morgan fingerprint density at radius 1 is 1.11 bits per heavy atom. The number of carbonyl (C=O) groups excluding carboxylic acids is 1. The Morgan fingerprint density at radius 2 is 1.79 bits per heavy atom. The molecule has 0 aromatic rings. The summed E-state index contributed by atoms with van der Waals surface area (Å²) in [7, 11) is 0. The minimum Gasteiger partial charge on any atom is -0.353 e. The van der Waals surface area contributed by atoms with Gasteiger partial charge >= 0.3 is 0 Å². The van der Waals surface area contributed by atoms with Crippen molar-refractivity contribution in [3.05, 3.63) is 0 Å². The molecule has 0 aromatic heterocycles. The fraction of sp³-hybridized carbons (Fsp3) is 0.933. The molecule has 1 N–H and O–H groups in total. The third-order valence-electron chi connectivity index (χ3n) is 5.11. The van der Waals surface area contributed by atoms with Crippen molar-refractivity contribution in [3.8, 4) is 0 Å². The molecule has 3 fully saturated rings. The second-order valence-corrected chi connectivity index (χ2v) is 6.41. The van der Waals surface area contributed by atoms with Crippen LogP contribution in [0.5, 0.6) is 0 Å². The van der Waals surface area contributed by atoms with E-state index >= 15 is 0 Å². The third-order valence-corrected chi connectivity index (χ3v) is 5.11. The summed E-state index contributed by atoms with van der Waals surface area (Å²) in [5, 5.41) is 3.25. The first kappa shape index (κ1) is 13.4. The first-order valence-electron chi connectivity index (χ1n) is 7.77. The van der Waals surface area contributed by atoms with E-state index in [4.69, 9.17) is 9.47 Å². The van der Waals surface area contributed by atoms with E-state index in [2.05, 4.69) is 12.2 Å². The Balaban J connectivity index is 1.48. The summed E-state index contributed by atoms with van der Waals surface area (Å²) in [4.78, 5) is 12.3. The highest BCUT2D eigenvalue weighted by molar-refractivity contribution is 5.79. The van der Waals surface area contributed by atoms with Gasteiger partial charge in [-0.25, -0.2) is 0 Å². The van der Waals surface area contributed by atoms with Gasteiger partial charge in [-0.05, 0) is 31.6 Å². The van der Waals surface area contributed by atoms with E-state index in [1.165, 1.54) is 12.8 Å². The minimum atomic E-state index is -0.318. The van der Waals surface area contributed by atoms with Crippen molar-refractivity contribution < 1.29 is 14.3 Å². The summed E-state index contributed by atoms with van der Waals surface area (Å²) < 4.78 is 11.4. The van der Waals surface area contributed by atoms with Crippen molar-refractivity contribution in [2.75, 3.05) is 13.2 Å².